The first-order chi connectivity index (χ1) is 9.06. The summed E-state index contributed by atoms with van der Waals surface area (Å²) in [6, 6.07) is 5.49. The highest BCUT2D eigenvalue weighted by molar-refractivity contribution is 5.87. The Morgan fingerprint density at radius 3 is 2.63 bits per heavy atom. The van der Waals surface area contributed by atoms with Crippen molar-refractivity contribution in [3.05, 3.63) is 51.7 Å². The van der Waals surface area contributed by atoms with Crippen LogP contribution in [-0.4, -0.2) is 32.6 Å². The SMILES string of the molecule is O=C(O)c1[nH]n(-c2ccccc2F)c(=O)c1CCO. The van der Waals surface area contributed by atoms with Crippen LogP contribution in [0.1, 0.15) is 16.1 Å². The number of nitrogens with zero attached hydrogens (tertiary/aromatic N) is 1. The van der Waals surface area contributed by atoms with Crippen LogP contribution < -0.4 is 5.56 Å². The fraction of sp³-hybridized carbons (Fsp3) is 0.167. The van der Waals surface area contributed by atoms with Gasteiger partial charge in [-0.1, -0.05) is 12.1 Å². The third kappa shape index (κ3) is 2.27. The van der Waals surface area contributed by atoms with E-state index in [0.717, 1.165) is 10.7 Å². The topological polar surface area (TPSA) is 95.3 Å². The van der Waals surface area contributed by atoms with Gasteiger partial charge in [-0.15, -0.1) is 0 Å². The third-order valence-corrected chi connectivity index (χ3v) is 2.66. The van der Waals surface area contributed by atoms with Crippen LogP contribution in [0, 0.1) is 5.82 Å². The van der Waals surface area contributed by atoms with Gasteiger partial charge >= 0.3 is 5.97 Å². The molecule has 0 radical (unpaired) electrons. The summed E-state index contributed by atoms with van der Waals surface area (Å²) < 4.78 is 14.4. The number of para-hydroxylation sites is 1. The quantitative estimate of drug-likeness (QED) is 0.752. The molecule has 0 bridgehead atoms. The highest BCUT2D eigenvalue weighted by Gasteiger charge is 2.20. The number of aliphatic hydroxyl groups is 1. The van der Waals surface area contributed by atoms with Crippen molar-refractivity contribution in [3.8, 4) is 5.69 Å². The van der Waals surface area contributed by atoms with E-state index in [9.17, 15) is 14.0 Å². The molecular weight excluding hydrogens is 255 g/mol. The lowest BCUT2D eigenvalue weighted by molar-refractivity contribution is 0.0688. The Morgan fingerprint density at radius 1 is 1.37 bits per heavy atom. The molecule has 1 aromatic carbocycles. The van der Waals surface area contributed by atoms with Crippen LogP contribution in [0.2, 0.25) is 0 Å². The number of carboxylic acid groups (broad SMARTS) is 1. The normalized spacial score (nSPS) is 10.6. The number of hydrogen-bond acceptors (Lipinski definition) is 3. The summed E-state index contributed by atoms with van der Waals surface area (Å²) in [5, 5.41) is 20.2. The van der Waals surface area contributed by atoms with Gasteiger partial charge in [-0.05, 0) is 12.1 Å². The van der Waals surface area contributed by atoms with E-state index in [1.807, 2.05) is 0 Å². The molecule has 1 heterocycles. The van der Waals surface area contributed by atoms with E-state index in [0.29, 0.717) is 0 Å². The number of benzene rings is 1. The zero-order chi connectivity index (χ0) is 14.0. The van der Waals surface area contributed by atoms with E-state index in [4.69, 9.17) is 10.2 Å². The number of carboxylic acids is 1. The number of rotatable bonds is 4. The van der Waals surface area contributed by atoms with E-state index in [1.165, 1.54) is 18.2 Å². The second-order valence-electron chi connectivity index (χ2n) is 3.84. The lowest BCUT2D eigenvalue weighted by Crippen LogP contribution is -2.19. The first-order valence-corrected chi connectivity index (χ1v) is 5.49. The van der Waals surface area contributed by atoms with Gasteiger partial charge in [0.15, 0.2) is 0 Å². The summed E-state index contributed by atoms with van der Waals surface area (Å²) in [6.45, 7) is -0.370. The first-order valence-electron chi connectivity index (χ1n) is 5.49. The maximum absolute atomic E-state index is 13.6. The minimum absolute atomic E-state index is 0.0702. The molecule has 0 amide bonds. The Hall–Kier alpha value is -2.41. The van der Waals surface area contributed by atoms with Crippen molar-refractivity contribution in [2.24, 2.45) is 0 Å². The highest BCUT2D eigenvalue weighted by atomic mass is 19.1. The van der Waals surface area contributed by atoms with E-state index < -0.39 is 17.3 Å². The van der Waals surface area contributed by atoms with Crippen LogP contribution in [0.3, 0.4) is 0 Å². The van der Waals surface area contributed by atoms with E-state index >= 15 is 0 Å². The van der Waals surface area contributed by atoms with Crippen LogP contribution >= 0.6 is 0 Å². The van der Waals surface area contributed by atoms with Gasteiger partial charge in [0.1, 0.15) is 17.2 Å². The summed E-state index contributed by atoms with van der Waals surface area (Å²) in [7, 11) is 0. The van der Waals surface area contributed by atoms with E-state index in [2.05, 4.69) is 5.10 Å². The summed E-state index contributed by atoms with van der Waals surface area (Å²) >= 11 is 0. The minimum Gasteiger partial charge on any atom is -0.477 e. The molecule has 0 aliphatic rings. The molecule has 0 aliphatic heterocycles. The molecule has 3 N–H and O–H groups in total. The molecule has 0 atom stereocenters. The van der Waals surface area contributed by atoms with Gasteiger partial charge in [-0.3, -0.25) is 9.89 Å². The average Bonchev–Trinajstić information content (AvgIpc) is 2.69. The van der Waals surface area contributed by atoms with E-state index in [1.54, 1.807) is 0 Å². The summed E-state index contributed by atoms with van der Waals surface area (Å²) in [4.78, 5) is 23.0. The van der Waals surface area contributed by atoms with Crippen molar-refractivity contribution in [1.82, 2.24) is 9.78 Å². The molecule has 0 saturated carbocycles. The van der Waals surface area contributed by atoms with Crippen molar-refractivity contribution >= 4 is 5.97 Å². The van der Waals surface area contributed by atoms with Gasteiger partial charge in [0.2, 0.25) is 0 Å². The Balaban J connectivity index is 2.66. The number of aromatic amines is 1. The lowest BCUT2D eigenvalue weighted by Gasteiger charge is -2.02. The zero-order valence-corrected chi connectivity index (χ0v) is 9.76. The maximum atomic E-state index is 13.6. The predicted octanol–water partition coefficient (Wildman–Crippen LogP) is 0.538. The average molecular weight is 266 g/mol. The number of aromatic carboxylic acids is 1. The molecule has 7 heteroatoms. The Labute approximate surface area is 106 Å². The monoisotopic (exact) mass is 266 g/mol. The maximum Gasteiger partial charge on any atom is 0.354 e. The van der Waals surface area contributed by atoms with Gasteiger partial charge in [0, 0.05) is 13.0 Å². The zero-order valence-electron chi connectivity index (χ0n) is 9.76. The van der Waals surface area contributed by atoms with E-state index in [-0.39, 0.29) is 30.0 Å². The highest BCUT2D eigenvalue weighted by Crippen LogP contribution is 2.12. The van der Waals surface area contributed by atoms with Gasteiger partial charge in [0.05, 0.1) is 5.56 Å². The summed E-state index contributed by atoms with van der Waals surface area (Å²) in [5.41, 5.74) is -1.18. The molecule has 0 saturated heterocycles. The second-order valence-corrected chi connectivity index (χ2v) is 3.84. The lowest BCUT2D eigenvalue weighted by atomic mass is 10.2. The number of aliphatic hydroxyl groups excluding tert-OH is 1. The molecule has 100 valence electrons. The minimum atomic E-state index is -1.34. The Kier molecular flexibility index (Phi) is 3.48. The van der Waals surface area contributed by atoms with Gasteiger partial charge < -0.3 is 10.2 Å². The molecule has 0 aliphatic carbocycles. The van der Waals surface area contributed by atoms with Crippen molar-refractivity contribution in [3.63, 3.8) is 0 Å². The molecule has 2 aromatic rings. The number of carbonyl (C=O) groups is 1. The van der Waals surface area contributed by atoms with Gasteiger partial charge in [-0.25, -0.2) is 13.9 Å². The Bertz CT molecular complexity index is 675. The molecule has 0 unspecified atom stereocenters. The predicted molar refractivity (Wildman–Crippen MR) is 64.1 cm³/mol. The van der Waals surface area contributed by atoms with Gasteiger partial charge in [0.25, 0.3) is 5.56 Å². The third-order valence-electron chi connectivity index (χ3n) is 2.66. The van der Waals surface area contributed by atoms with Crippen LogP contribution in [0.25, 0.3) is 5.69 Å². The molecule has 0 fully saturated rings. The van der Waals surface area contributed by atoms with Crippen molar-refractivity contribution in [2.45, 2.75) is 6.42 Å². The summed E-state index contributed by atoms with van der Waals surface area (Å²) in [5.74, 6) is -1.99. The molecule has 6 nitrogen and oxygen atoms in total. The number of hydrogen-bond donors (Lipinski definition) is 3. The van der Waals surface area contributed by atoms with Gasteiger partial charge in [-0.2, -0.15) is 0 Å². The molecule has 19 heavy (non-hydrogen) atoms. The largest absolute Gasteiger partial charge is 0.477 e. The fourth-order valence-electron chi connectivity index (χ4n) is 1.80. The van der Waals surface area contributed by atoms with Crippen molar-refractivity contribution in [1.29, 1.82) is 0 Å². The van der Waals surface area contributed by atoms with Crippen LogP contribution in [0.4, 0.5) is 4.39 Å². The smallest absolute Gasteiger partial charge is 0.354 e. The van der Waals surface area contributed by atoms with Crippen LogP contribution in [0.5, 0.6) is 0 Å². The second kappa shape index (κ2) is 5.07. The number of nitrogens with one attached hydrogen (secondary N) is 1. The summed E-state index contributed by atoms with van der Waals surface area (Å²) in [6.07, 6.45) is -0.113. The number of aromatic nitrogens is 2. The molecule has 0 spiro atoms. The van der Waals surface area contributed by atoms with Crippen molar-refractivity contribution in [2.75, 3.05) is 6.61 Å². The van der Waals surface area contributed by atoms with Crippen LogP contribution in [-0.2, 0) is 6.42 Å². The van der Waals surface area contributed by atoms with Crippen molar-refractivity contribution < 1.29 is 19.4 Å². The number of H-pyrrole nitrogens is 1. The van der Waals surface area contributed by atoms with Crippen LogP contribution in [0.15, 0.2) is 29.1 Å². The molecule has 2 rings (SSSR count). The first kappa shape index (κ1) is 13.0. The fourth-order valence-corrected chi connectivity index (χ4v) is 1.80. The standard InChI is InChI=1S/C12H11FN2O4/c13-8-3-1-2-4-9(8)15-11(17)7(5-6-16)10(14-15)12(18)19/h1-4,14,16H,5-6H2,(H,18,19). The molecule has 1 aromatic heterocycles. The Morgan fingerprint density at radius 2 is 2.05 bits per heavy atom. The number of halogens is 1. The molecular formula is C12H11FN2O4.